The fourth-order valence-electron chi connectivity index (χ4n) is 7.02. The normalized spacial score (nSPS) is 52.3. The third kappa shape index (κ3) is 2.19. The average molecular weight is 346 g/mol. The summed E-state index contributed by atoms with van der Waals surface area (Å²) in [7, 11) is 0. The van der Waals surface area contributed by atoms with Crippen molar-refractivity contribution in [1.82, 2.24) is 0 Å². The van der Waals surface area contributed by atoms with Crippen molar-refractivity contribution in [2.75, 3.05) is 0 Å². The molecule has 0 saturated heterocycles. The molecule has 0 aliphatic heterocycles. The van der Waals surface area contributed by atoms with Gasteiger partial charge in [-0.25, -0.2) is 0 Å². The van der Waals surface area contributed by atoms with Crippen LogP contribution in [0.2, 0.25) is 0 Å². The number of carbonyl (C=O) groups excluding carboxylic acids is 3. The average Bonchev–Trinajstić information content (AvgIpc) is 2.85. The fourth-order valence-corrected chi connectivity index (χ4v) is 7.02. The monoisotopic (exact) mass is 346 g/mol. The van der Waals surface area contributed by atoms with Crippen molar-refractivity contribution in [2.24, 2.45) is 34.5 Å². The third-order valence-corrected chi connectivity index (χ3v) is 8.90. The van der Waals surface area contributed by atoms with Crippen LogP contribution in [0, 0.1) is 34.5 Å². The van der Waals surface area contributed by atoms with E-state index in [1.807, 2.05) is 0 Å². The van der Waals surface area contributed by atoms with Gasteiger partial charge in [0.15, 0.2) is 5.78 Å². The van der Waals surface area contributed by atoms with Crippen LogP contribution in [-0.4, -0.2) is 28.1 Å². The highest BCUT2D eigenvalue weighted by Crippen LogP contribution is 2.65. The summed E-state index contributed by atoms with van der Waals surface area (Å²) in [6.45, 7) is 5.83. The number of hydrogen-bond donors (Lipinski definition) is 1. The van der Waals surface area contributed by atoms with Gasteiger partial charge in [0.1, 0.15) is 17.2 Å². The minimum Gasteiger partial charge on any atom is -0.382 e. The summed E-state index contributed by atoms with van der Waals surface area (Å²) in [4.78, 5) is 37.5. The highest BCUT2D eigenvalue weighted by molar-refractivity contribution is 5.91. The molecule has 138 valence electrons. The number of carbonyl (C=O) groups is 3. The van der Waals surface area contributed by atoms with E-state index in [0.717, 1.165) is 25.7 Å². The Morgan fingerprint density at radius 1 is 1.08 bits per heavy atom. The quantitative estimate of drug-likeness (QED) is 0.792. The van der Waals surface area contributed by atoms with E-state index in [4.69, 9.17) is 0 Å². The van der Waals surface area contributed by atoms with Gasteiger partial charge in [0.2, 0.25) is 0 Å². The number of rotatable bonds is 1. The molecule has 0 aromatic heterocycles. The Hall–Kier alpha value is -1.03. The van der Waals surface area contributed by atoms with Gasteiger partial charge < -0.3 is 5.11 Å². The van der Waals surface area contributed by atoms with Gasteiger partial charge in [-0.05, 0) is 68.6 Å². The van der Waals surface area contributed by atoms with Gasteiger partial charge in [0, 0.05) is 24.2 Å². The van der Waals surface area contributed by atoms with Crippen molar-refractivity contribution in [3.05, 3.63) is 0 Å². The van der Waals surface area contributed by atoms with Crippen molar-refractivity contribution in [3.63, 3.8) is 0 Å². The third-order valence-electron chi connectivity index (χ3n) is 8.90. The molecule has 0 radical (unpaired) electrons. The zero-order chi connectivity index (χ0) is 18.2. The van der Waals surface area contributed by atoms with Crippen LogP contribution in [0.4, 0.5) is 0 Å². The molecule has 0 heterocycles. The standard InChI is InChI=1S/C21H30O4/c1-12(22)21(25)9-8-19(2)13(11-21)10-16(23)18-14-4-5-17(24)20(14,3)7-6-15(18)19/h13-15,18,25H,4-11H2,1-3H3/t13-,14+,15+,18+,19-,20-,21-/m0/s1. The molecule has 4 aliphatic carbocycles. The molecular formula is C21H30O4. The van der Waals surface area contributed by atoms with E-state index in [1.165, 1.54) is 6.92 Å². The van der Waals surface area contributed by atoms with Crippen LogP contribution in [0.3, 0.4) is 0 Å². The van der Waals surface area contributed by atoms with Crippen molar-refractivity contribution in [3.8, 4) is 0 Å². The van der Waals surface area contributed by atoms with Crippen LogP contribution in [0.15, 0.2) is 0 Å². The first-order valence-corrected chi connectivity index (χ1v) is 9.91. The number of Topliss-reactive ketones (excluding diaryl/α,β-unsaturated/α-hetero) is 3. The van der Waals surface area contributed by atoms with E-state index in [-0.39, 0.29) is 40.2 Å². The summed E-state index contributed by atoms with van der Waals surface area (Å²) in [6, 6.07) is 0. The first kappa shape index (κ1) is 17.4. The maximum Gasteiger partial charge on any atom is 0.161 e. The molecule has 0 aromatic rings. The van der Waals surface area contributed by atoms with Gasteiger partial charge in [-0.1, -0.05) is 13.8 Å². The van der Waals surface area contributed by atoms with E-state index in [9.17, 15) is 19.5 Å². The van der Waals surface area contributed by atoms with Crippen molar-refractivity contribution >= 4 is 17.3 Å². The van der Waals surface area contributed by atoms with Gasteiger partial charge in [-0.15, -0.1) is 0 Å². The lowest BCUT2D eigenvalue weighted by atomic mass is 9.44. The number of hydrogen-bond acceptors (Lipinski definition) is 4. The summed E-state index contributed by atoms with van der Waals surface area (Å²) in [5, 5.41) is 10.7. The maximum atomic E-state index is 13.1. The van der Waals surface area contributed by atoms with Crippen molar-refractivity contribution in [1.29, 1.82) is 0 Å². The Kier molecular flexibility index (Phi) is 3.65. The molecule has 0 spiro atoms. The molecule has 0 unspecified atom stereocenters. The molecule has 4 aliphatic rings. The second kappa shape index (κ2) is 5.25. The molecular weight excluding hydrogens is 316 g/mol. The zero-order valence-corrected chi connectivity index (χ0v) is 15.6. The van der Waals surface area contributed by atoms with Crippen molar-refractivity contribution in [2.45, 2.75) is 77.7 Å². The Morgan fingerprint density at radius 3 is 2.48 bits per heavy atom. The summed E-state index contributed by atoms with van der Waals surface area (Å²) >= 11 is 0. The highest BCUT2D eigenvalue weighted by Gasteiger charge is 2.64. The number of fused-ring (bicyclic) bond motifs is 5. The lowest BCUT2D eigenvalue weighted by Crippen LogP contribution is -2.59. The lowest BCUT2D eigenvalue weighted by Gasteiger charge is -2.60. The van der Waals surface area contributed by atoms with Gasteiger partial charge in [0.05, 0.1) is 0 Å². The van der Waals surface area contributed by atoms with Crippen LogP contribution in [0.25, 0.3) is 0 Å². The van der Waals surface area contributed by atoms with E-state index in [2.05, 4.69) is 13.8 Å². The Bertz CT molecular complexity index is 654. The van der Waals surface area contributed by atoms with E-state index in [1.54, 1.807) is 0 Å². The number of ketones is 3. The van der Waals surface area contributed by atoms with Crippen LogP contribution < -0.4 is 0 Å². The predicted molar refractivity (Wildman–Crippen MR) is 92.8 cm³/mol. The maximum absolute atomic E-state index is 13.1. The molecule has 4 saturated carbocycles. The van der Waals surface area contributed by atoms with E-state index >= 15 is 0 Å². The van der Waals surface area contributed by atoms with Gasteiger partial charge >= 0.3 is 0 Å². The first-order chi connectivity index (χ1) is 11.6. The Morgan fingerprint density at radius 2 is 1.80 bits per heavy atom. The molecule has 0 amide bonds. The van der Waals surface area contributed by atoms with Gasteiger partial charge in [-0.2, -0.15) is 0 Å². The summed E-state index contributed by atoms with van der Waals surface area (Å²) in [5.74, 6) is 1.08. The van der Waals surface area contributed by atoms with Crippen LogP contribution in [-0.2, 0) is 14.4 Å². The second-order valence-electron chi connectivity index (χ2n) is 9.82. The summed E-state index contributed by atoms with van der Waals surface area (Å²) < 4.78 is 0. The number of aliphatic hydroxyl groups is 1. The predicted octanol–water partition coefficient (Wildman–Crippen LogP) is 3.10. The first-order valence-electron chi connectivity index (χ1n) is 9.91. The molecule has 1 N–H and O–H groups in total. The molecule has 25 heavy (non-hydrogen) atoms. The topological polar surface area (TPSA) is 71.4 Å². The molecule has 4 rings (SSSR count). The van der Waals surface area contributed by atoms with Crippen LogP contribution >= 0.6 is 0 Å². The van der Waals surface area contributed by atoms with E-state index < -0.39 is 5.60 Å². The second-order valence-corrected chi connectivity index (χ2v) is 9.82. The Labute approximate surface area is 149 Å². The fraction of sp³-hybridized carbons (Fsp3) is 0.857. The van der Waals surface area contributed by atoms with Crippen LogP contribution in [0.1, 0.15) is 72.1 Å². The van der Waals surface area contributed by atoms with Crippen LogP contribution in [0.5, 0.6) is 0 Å². The lowest BCUT2D eigenvalue weighted by molar-refractivity contribution is -0.172. The zero-order valence-electron chi connectivity index (χ0n) is 15.6. The molecule has 0 bridgehead atoms. The highest BCUT2D eigenvalue weighted by atomic mass is 16.3. The Balaban J connectivity index is 1.67. The minimum absolute atomic E-state index is 0.00717. The molecule has 4 nitrogen and oxygen atoms in total. The molecule has 4 heteroatoms. The largest absolute Gasteiger partial charge is 0.382 e. The molecule has 4 fully saturated rings. The summed E-state index contributed by atoms with van der Waals surface area (Å²) in [5.41, 5.74) is -1.54. The van der Waals surface area contributed by atoms with Gasteiger partial charge in [-0.3, -0.25) is 14.4 Å². The smallest absolute Gasteiger partial charge is 0.161 e. The van der Waals surface area contributed by atoms with Gasteiger partial charge in [0.25, 0.3) is 0 Å². The molecule has 0 aromatic carbocycles. The SMILES string of the molecule is CC(=O)[C@]1(O)CC[C@@]2(C)[C@@H](CC(=O)[C@H]3[C@H]2CC[C@]2(C)C(=O)CC[C@H]32)C1. The summed E-state index contributed by atoms with van der Waals surface area (Å²) in [6.07, 6.45) is 5.52. The minimum atomic E-state index is -1.25. The van der Waals surface area contributed by atoms with E-state index in [0.29, 0.717) is 37.4 Å². The van der Waals surface area contributed by atoms with Crippen molar-refractivity contribution < 1.29 is 19.5 Å². The molecule has 7 atom stereocenters.